The summed E-state index contributed by atoms with van der Waals surface area (Å²) in [5.74, 6) is -0.126. The Morgan fingerprint density at radius 2 is 1.97 bits per heavy atom. The van der Waals surface area contributed by atoms with E-state index in [1.54, 1.807) is 30.5 Å². The molecule has 2 unspecified atom stereocenters. The smallest absolute Gasteiger partial charge is 0.248 e. The lowest BCUT2D eigenvalue weighted by atomic mass is 9.87. The highest BCUT2D eigenvalue weighted by Gasteiger charge is 2.22. The molecule has 0 amide bonds. The van der Waals surface area contributed by atoms with Gasteiger partial charge in [0.15, 0.2) is 5.82 Å². The zero-order chi connectivity index (χ0) is 20.2. The number of halogens is 1. The van der Waals surface area contributed by atoms with Crippen LogP contribution in [-0.4, -0.2) is 27.3 Å². The average molecular weight is 392 g/mol. The number of hydrogen-bond acceptors (Lipinski definition) is 5. The van der Waals surface area contributed by atoms with Crippen molar-refractivity contribution in [2.24, 2.45) is 5.92 Å². The molecule has 0 bridgehead atoms. The van der Waals surface area contributed by atoms with Crippen LogP contribution in [0.4, 0.5) is 10.3 Å². The van der Waals surface area contributed by atoms with E-state index >= 15 is 0 Å². The molecule has 1 aliphatic rings. The van der Waals surface area contributed by atoms with E-state index < -0.39 is 5.82 Å². The van der Waals surface area contributed by atoms with Crippen LogP contribution in [0.15, 0.2) is 53.6 Å². The van der Waals surface area contributed by atoms with Gasteiger partial charge in [0.25, 0.3) is 0 Å². The Morgan fingerprint density at radius 1 is 1.14 bits per heavy atom. The lowest BCUT2D eigenvalue weighted by Crippen LogP contribution is -2.28. The first kappa shape index (κ1) is 19.0. The van der Waals surface area contributed by atoms with Crippen molar-refractivity contribution >= 4 is 12.2 Å². The van der Waals surface area contributed by atoms with Crippen LogP contribution in [0.2, 0.25) is 0 Å². The maximum atomic E-state index is 14.5. The average Bonchev–Trinajstić information content (AvgIpc) is 2.75. The van der Waals surface area contributed by atoms with Crippen molar-refractivity contribution in [2.75, 3.05) is 5.32 Å². The number of hydrogen-bond donors (Lipinski definition) is 2. The fourth-order valence-electron chi connectivity index (χ4n) is 3.77. The molecule has 0 radical (unpaired) electrons. The number of carbonyl (C=O) groups excluding carboxylic acids is 1. The quantitative estimate of drug-likeness (QED) is 0.645. The largest absolute Gasteiger partial charge is 0.351 e. The maximum Gasteiger partial charge on any atom is 0.248 e. The van der Waals surface area contributed by atoms with Gasteiger partial charge < -0.3 is 15.1 Å². The van der Waals surface area contributed by atoms with Crippen LogP contribution in [0, 0.1) is 11.7 Å². The zero-order valence-corrected chi connectivity index (χ0v) is 15.8. The number of aromatic nitrogens is 3. The van der Waals surface area contributed by atoms with E-state index in [2.05, 4.69) is 20.3 Å². The topological polar surface area (TPSA) is 87.7 Å². The summed E-state index contributed by atoms with van der Waals surface area (Å²) in [6.45, 7) is 0. The van der Waals surface area contributed by atoms with Gasteiger partial charge >= 0.3 is 0 Å². The summed E-state index contributed by atoms with van der Waals surface area (Å²) in [4.78, 5) is 33.7. The summed E-state index contributed by atoms with van der Waals surface area (Å²) in [7, 11) is 0. The molecule has 148 valence electrons. The highest BCUT2D eigenvalue weighted by Crippen LogP contribution is 2.28. The Morgan fingerprint density at radius 3 is 2.79 bits per heavy atom. The molecule has 7 heteroatoms. The number of nitrogens with zero attached hydrogens (tertiary/aromatic N) is 2. The number of pyridine rings is 1. The van der Waals surface area contributed by atoms with E-state index in [0.29, 0.717) is 11.5 Å². The van der Waals surface area contributed by atoms with Crippen molar-refractivity contribution in [1.82, 2.24) is 15.0 Å². The highest BCUT2D eigenvalue weighted by molar-refractivity contribution is 5.71. The van der Waals surface area contributed by atoms with Gasteiger partial charge in [-0.05, 0) is 42.5 Å². The summed E-state index contributed by atoms with van der Waals surface area (Å²) >= 11 is 0. The Kier molecular flexibility index (Phi) is 5.46. The minimum atomic E-state index is -0.520. The highest BCUT2D eigenvalue weighted by atomic mass is 19.1. The second-order valence-electron chi connectivity index (χ2n) is 7.32. The van der Waals surface area contributed by atoms with Crippen LogP contribution < -0.4 is 10.9 Å². The number of H-pyrrole nitrogens is 1. The predicted molar refractivity (Wildman–Crippen MR) is 109 cm³/mol. The fourth-order valence-corrected chi connectivity index (χ4v) is 3.77. The second-order valence-corrected chi connectivity index (χ2v) is 7.32. The van der Waals surface area contributed by atoms with Crippen LogP contribution >= 0.6 is 0 Å². The van der Waals surface area contributed by atoms with Crippen LogP contribution in [-0.2, 0) is 4.79 Å². The van der Waals surface area contributed by atoms with Gasteiger partial charge in [0.2, 0.25) is 11.5 Å². The Labute approximate surface area is 167 Å². The summed E-state index contributed by atoms with van der Waals surface area (Å²) in [6.07, 6.45) is 7.28. The van der Waals surface area contributed by atoms with Gasteiger partial charge in [-0.15, -0.1) is 0 Å². The van der Waals surface area contributed by atoms with E-state index in [0.717, 1.165) is 49.3 Å². The van der Waals surface area contributed by atoms with Gasteiger partial charge in [-0.1, -0.05) is 24.6 Å². The van der Waals surface area contributed by atoms with Crippen molar-refractivity contribution in [1.29, 1.82) is 0 Å². The van der Waals surface area contributed by atoms with Gasteiger partial charge in [-0.2, -0.15) is 0 Å². The summed E-state index contributed by atoms with van der Waals surface area (Å²) in [5.41, 5.74) is 2.12. The molecule has 2 N–H and O–H groups in total. The maximum absolute atomic E-state index is 14.5. The molecule has 0 spiro atoms. The van der Waals surface area contributed by atoms with E-state index in [4.69, 9.17) is 0 Å². The number of aromatic amines is 1. The molecule has 1 saturated carbocycles. The Hall–Kier alpha value is -3.35. The molecule has 6 nitrogen and oxygen atoms in total. The third-order valence-electron chi connectivity index (χ3n) is 5.23. The van der Waals surface area contributed by atoms with E-state index in [1.165, 1.54) is 6.07 Å². The molecule has 3 aromatic rings. The number of benzene rings is 1. The zero-order valence-electron chi connectivity index (χ0n) is 15.8. The predicted octanol–water partition coefficient (Wildman–Crippen LogP) is 3.81. The molecule has 1 aliphatic carbocycles. The third-order valence-corrected chi connectivity index (χ3v) is 5.23. The van der Waals surface area contributed by atoms with Gasteiger partial charge in [0.05, 0.1) is 6.20 Å². The normalized spacial score (nSPS) is 18.9. The number of anilines is 1. The van der Waals surface area contributed by atoms with Crippen molar-refractivity contribution in [2.45, 2.75) is 31.7 Å². The molecule has 29 heavy (non-hydrogen) atoms. The van der Waals surface area contributed by atoms with Gasteiger partial charge in [0, 0.05) is 29.8 Å². The summed E-state index contributed by atoms with van der Waals surface area (Å²) < 4.78 is 14.5. The van der Waals surface area contributed by atoms with E-state index in [9.17, 15) is 14.0 Å². The standard InChI is InChI=1S/C22H21FN4O2/c23-19-12-25-22(26-18-6-1-3-14(9-18)13-28)27-21(19)17-5-2-4-15(10-17)16-7-8-24-20(29)11-16/h2,4-5,7-8,10-14,18H,1,3,6,9H2,(H,24,29)(H,25,26,27). The molecule has 2 heterocycles. The molecule has 1 aromatic carbocycles. The number of rotatable bonds is 5. The van der Waals surface area contributed by atoms with E-state index in [-0.39, 0.29) is 23.2 Å². The number of nitrogens with one attached hydrogen (secondary N) is 2. The lowest BCUT2D eigenvalue weighted by Gasteiger charge is -2.26. The Bertz CT molecular complexity index is 1080. The molecule has 4 rings (SSSR count). The monoisotopic (exact) mass is 392 g/mol. The molecular weight excluding hydrogens is 371 g/mol. The summed E-state index contributed by atoms with van der Waals surface area (Å²) in [6, 6.07) is 10.6. The first-order valence-electron chi connectivity index (χ1n) is 9.66. The summed E-state index contributed by atoms with van der Waals surface area (Å²) in [5, 5.41) is 3.24. The molecule has 2 aromatic heterocycles. The number of aldehydes is 1. The molecule has 0 saturated heterocycles. The van der Waals surface area contributed by atoms with Crippen LogP contribution in [0.5, 0.6) is 0 Å². The minimum absolute atomic E-state index is 0.0480. The lowest BCUT2D eigenvalue weighted by molar-refractivity contribution is -0.111. The molecular formula is C22H21FN4O2. The van der Waals surface area contributed by atoms with Crippen molar-refractivity contribution < 1.29 is 9.18 Å². The van der Waals surface area contributed by atoms with Crippen LogP contribution in [0.25, 0.3) is 22.4 Å². The van der Waals surface area contributed by atoms with Crippen LogP contribution in [0.3, 0.4) is 0 Å². The third kappa shape index (κ3) is 4.39. The first-order valence-corrected chi connectivity index (χ1v) is 9.66. The van der Waals surface area contributed by atoms with Crippen molar-refractivity contribution in [3.63, 3.8) is 0 Å². The minimum Gasteiger partial charge on any atom is -0.351 e. The van der Waals surface area contributed by atoms with Gasteiger partial charge in [0.1, 0.15) is 12.0 Å². The molecule has 1 fully saturated rings. The Balaban J connectivity index is 1.62. The van der Waals surface area contributed by atoms with Crippen LogP contribution in [0.1, 0.15) is 25.7 Å². The van der Waals surface area contributed by atoms with Crippen molar-refractivity contribution in [3.05, 3.63) is 65.0 Å². The van der Waals surface area contributed by atoms with Crippen molar-refractivity contribution in [3.8, 4) is 22.4 Å². The first-order chi connectivity index (χ1) is 14.1. The van der Waals surface area contributed by atoms with E-state index in [1.807, 2.05) is 6.07 Å². The molecule has 0 aliphatic heterocycles. The SMILES string of the molecule is O=CC1CCCC(Nc2ncc(F)c(-c3cccc(-c4cc[nH]c(=O)c4)c3)n2)C1. The fraction of sp³-hybridized carbons (Fsp3) is 0.273. The molecule has 2 atom stereocenters. The second kappa shape index (κ2) is 8.34. The van der Waals surface area contributed by atoms with Gasteiger partial charge in [-0.3, -0.25) is 4.79 Å². The number of carbonyl (C=O) groups is 1. The van der Waals surface area contributed by atoms with Gasteiger partial charge in [-0.25, -0.2) is 14.4 Å².